The lowest BCUT2D eigenvalue weighted by atomic mass is 10.2. The Kier molecular flexibility index (Phi) is 2.88. The Hall–Kier alpha value is -2.61. The first kappa shape index (κ1) is 10.9. The van der Waals surface area contributed by atoms with Crippen LogP contribution < -0.4 is 10.5 Å². The molecule has 0 saturated heterocycles. The number of aryl methyl sites for hydroxylation is 1. The molecule has 1 aromatic heterocycles. The standard InChI is InChI=1S/C12H10N4O/c1-8-2-3-10(14)11(6-8)17-12-9(7-13)4-5-15-16-12/h2-6H,14H2,1H3. The van der Waals surface area contributed by atoms with Gasteiger partial charge in [-0.2, -0.15) is 10.4 Å². The van der Waals surface area contributed by atoms with E-state index >= 15 is 0 Å². The fourth-order valence-electron chi connectivity index (χ4n) is 1.31. The fourth-order valence-corrected chi connectivity index (χ4v) is 1.31. The van der Waals surface area contributed by atoms with Crippen molar-refractivity contribution in [2.24, 2.45) is 0 Å². The van der Waals surface area contributed by atoms with Gasteiger partial charge in [-0.05, 0) is 30.7 Å². The van der Waals surface area contributed by atoms with Crippen molar-refractivity contribution in [3.8, 4) is 17.7 Å². The van der Waals surface area contributed by atoms with E-state index in [0.717, 1.165) is 5.56 Å². The number of hydrogen-bond donors (Lipinski definition) is 1. The van der Waals surface area contributed by atoms with Gasteiger partial charge in [0.2, 0.25) is 0 Å². The van der Waals surface area contributed by atoms with Crippen molar-refractivity contribution in [3.63, 3.8) is 0 Å². The minimum absolute atomic E-state index is 0.160. The van der Waals surface area contributed by atoms with Gasteiger partial charge in [0.05, 0.1) is 11.9 Å². The van der Waals surface area contributed by atoms with Gasteiger partial charge in [0.15, 0.2) is 5.75 Å². The molecular formula is C12H10N4O. The maximum Gasteiger partial charge on any atom is 0.257 e. The van der Waals surface area contributed by atoms with E-state index in [1.165, 1.54) is 12.3 Å². The van der Waals surface area contributed by atoms with Gasteiger partial charge >= 0.3 is 0 Å². The molecule has 0 aliphatic rings. The van der Waals surface area contributed by atoms with E-state index in [4.69, 9.17) is 15.7 Å². The number of benzene rings is 1. The Bertz CT molecular complexity index is 589. The molecule has 0 aliphatic heterocycles. The summed E-state index contributed by atoms with van der Waals surface area (Å²) in [5.41, 5.74) is 7.59. The summed E-state index contributed by atoms with van der Waals surface area (Å²) >= 11 is 0. The third-order valence-corrected chi connectivity index (χ3v) is 2.18. The van der Waals surface area contributed by atoms with Crippen LogP contribution in [0.15, 0.2) is 30.5 Å². The summed E-state index contributed by atoms with van der Waals surface area (Å²) in [5, 5.41) is 16.3. The zero-order valence-corrected chi connectivity index (χ0v) is 9.21. The number of hydrogen-bond acceptors (Lipinski definition) is 5. The molecule has 0 amide bonds. The Morgan fingerprint density at radius 3 is 2.94 bits per heavy atom. The maximum absolute atomic E-state index is 8.89. The quantitative estimate of drug-likeness (QED) is 0.792. The van der Waals surface area contributed by atoms with Gasteiger partial charge in [-0.1, -0.05) is 6.07 Å². The molecule has 84 valence electrons. The molecule has 0 atom stereocenters. The van der Waals surface area contributed by atoms with Crippen LogP contribution in [0.2, 0.25) is 0 Å². The van der Waals surface area contributed by atoms with Gasteiger partial charge in [0, 0.05) is 0 Å². The minimum atomic E-state index is 0.160. The third-order valence-electron chi connectivity index (χ3n) is 2.18. The Morgan fingerprint density at radius 1 is 1.35 bits per heavy atom. The van der Waals surface area contributed by atoms with E-state index in [-0.39, 0.29) is 5.88 Å². The van der Waals surface area contributed by atoms with Crippen LogP contribution in [0, 0.1) is 18.3 Å². The van der Waals surface area contributed by atoms with Crippen molar-refractivity contribution in [1.82, 2.24) is 10.2 Å². The molecule has 0 aliphatic carbocycles. The predicted molar refractivity (Wildman–Crippen MR) is 62.4 cm³/mol. The van der Waals surface area contributed by atoms with E-state index in [1.54, 1.807) is 12.1 Å². The van der Waals surface area contributed by atoms with Crippen molar-refractivity contribution in [1.29, 1.82) is 5.26 Å². The highest BCUT2D eigenvalue weighted by Gasteiger charge is 2.08. The highest BCUT2D eigenvalue weighted by atomic mass is 16.5. The molecule has 17 heavy (non-hydrogen) atoms. The molecule has 0 unspecified atom stereocenters. The first-order valence-electron chi connectivity index (χ1n) is 4.96. The van der Waals surface area contributed by atoms with Gasteiger partial charge in [-0.15, -0.1) is 5.10 Å². The molecule has 0 spiro atoms. The molecule has 2 N–H and O–H groups in total. The SMILES string of the molecule is Cc1ccc(N)c(Oc2nnccc2C#N)c1. The lowest BCUT2D eigenvalue weighted by Gasteiger charge is -2.08. The second kappa shape index (κ2) is 4.49. The average Bonchev–Trinajstić information content (AvgIpc) is 2.34. The number of nitrogen functional groups attached to an aromatic ring is 1. The summed E-state index contributed by atoms with van der Waals surface area (Å²) in [7, 11) is 0. The lowest BCUT2D eigenvalue weighted by Crippen LogP contribution is -1.97. The summed E-state index contributed by atoms with van der Waals surface area (Å²) in [6, 6.07) is 8.92. The molecule has 1 aromatic carbocycles. The Morgan fingerprint density at radius 2 is 2.18 bits per heavy atom. The minimum Gasteiger partial charge on any atom is -0.434 e. The molecule has 0 radical (unpaired) electrons. The number of rotatable bonds is 2. The first-order valence-corrected chi connectivity index (χ1v) is 4.96. The van der Waals surface area contributed by atoms with Gasteiger partial charge < -0.3 is 10.5 Å². The zero-order chi connectivity index (χ0) is 12.3. The van der Waals surface area contributed by atoms with Crippen LogP contribution in [0.1, 0.15) is 11.1 Å². The highest BCUT2D eigenvalue weighted by Crippen LogP contribution is 2.28. The fraction of sp³-hybridized carbons (Fsp3) is 0.0833. The number of nitrogens with zero attached hydrogens (tertiary/aromatic N) is 3. The maximum atomic E-state index is 8.89. The molecule has 0 saturated carbocycles. The monoisotopic (exact) mass is 226 g/mol. The van der Waals surface area contributed by atoms with Crippen molar-refractivity contribution in [2.75, 3.05) is 5.73 Å². The van der Waals surface area contributed by atoms with Crippen LogP contribution in [0.25, 0.3) is 0 Å². The number of nitriles is 1. The topological polar surface area (TPSA) is 84.8 Å². The predicted octanol–water partition coefficient (Wildman–Crippen LogP) is 2.03. The molecule has 0 fully saturated rings. The van der Waals surface area contributed by atoms with Gasteiger partial charge in [0.25, 0.3) is 5.88 Å². The van der Waals surface area contributed by atoms with E-state index < -0.39 is 0 Å². The van der Waals surface area contributed by atoms with E-state index in [1.807, 2.05) is 19.1 Å². The number of nitrogens with two attached hydrogens (primary N) is 1. The second-order valence-corrected chi connectivity index (χ2v) is 3.51. The molecular weight excluding hydrogens is 216 g/mol. The number of aromatic nitrogens is 2. The van der Waals surface area contributed by atoms with Crippen LogP contribution >= 0.6 is 0 Å². The van der Waals surface area contributed by atoms with E-state index in [0.29, 0.717) is 17.0 Å². The molecule has 1 heterocycles. The van der Waals surface area contributed by atoms with Crippen LogP contribution in [0.3, 0.4) is 0 Å². The van der Waals surface area contributed by atoms with Crippen LogP contribution in [0.5, 0.6) is 11.6 Å². The van der Waals surface area contributed by atoms with Crippen LogP contribution in [-0.2, 0) is 0 Å². The van der Waals surface area contributed by atoms with Crippen LogP contribution in [-0.4, -0.2) is 10.2 Å². The summed E-state index contributed by atoms with van der Waals surface area (Å²) in [4.78, 5) is 0. The normalized spacial score (nSPS) is 9.65. The molecule has 5 nitrogen and oxygen atoms in total. The van der Waals surface area contributed by atoms with Crippen molar-refractivity contribution < 1.29 is 4.74 Å². The van der Waals surface area contributed by atoms with Gasteiger partial charge in [-0.3, -0.25) is 0 Å². The van der Waals surface area contributed by atoms with Gasteiger partial charge in [0.1, 0.15) is 11.6 Å². The Labute approximate surface area is 98.5 Å². The van der Waals surface area contributed by atoms with Crippen molar-refractivity contribution >= 4 is 5.69 Å². The summed E-state index contributed by atoms with van der Waals surface area (Å²) < 4.78 is 5.49. The Balaban J connectivity index is 2.38. The van der Waals surface area contributed by atoms with Crippen LogP contribution in [0.4, 0.5) is 5.69 Å². The largest absolute Gasteiger partial charge is 0.434 e. The smallest absolute Gasteiger partial charge is 0.257 e. The number of anilines is 1. The average molecular weight is 226 g/mol. The highest BCUT2D eigenvalue weighted by molar-refractivity contribution is 5.55. The molecule has 2 rings (SSSR count). The van der Waals surface area contributed by atoms with Crippen molar-refractivity contribution in [3.05, 3.63) is 41.6 Å². The summed E-state index contributed by atoms with van der Waals surface area (Å²) in [6.45, 7) is 1.92. The lowest BCUT2D eigenvalue weighted by molar-refractivity contribution is 0.455. The molecule has 2 aromatic rings. The second-order valence-electron chi connectivity index (χ2n) is 3.51. The molecule has 0 bridgehead atoms. The van der Waals surface area contributed by atoms with E-state index in [2.05, 4.69) is 10.2 Å². The number of ether oxygens (including phenoxy) is 1. The summed E-state index contributed by atoms with van der Waals surface area (Å²) in [6.07, 6.45) is 1.44. The van der Waals surface area contributed by atoms with Gasteiger partial charge in [-0.25, -0.2) is 0 Å². The zero-order valence-electron chi connectivity index (χ0n) is 9.21. The summed E-state index contributed by atoms with van der Waals surface area (Å²) in [5.74, 6) is 0.634. The van der Waals surface area contributed by atoms with E-state index in [9.17, 15) is 0 Å². The third kappa shape index (κ3) is 2.32. The molecule has 5 heteroatoms. The van der Waals surface area contributed by atoms with Crippen molar-refractivity contribution in [2.45, 2.75) is 6.92 Å². The first-order chi connectivity index (χ1) is 8.20.